The molecular weight excluding hydrogens is 242 g/mol. The molecule has 0 atom stereocenters. The van der Waals surface area contributed by atoms with Crippen LogP contribution in [0, 0.1) is 0 Å². The number of hydrogen-bond acceptors (Lipinski definition) is 5. The SMILES string of the molecule is CCOc1ccccc1-c1nncc(C(=O)CC)n1. The van der Waals surface area contributed by atoms with E-state index in [0.29, 0.717) is 30.3 Å². The molecule has 1 aromatic heterocycles. The predicted molar refractivity (Wildman–Crippen MR) is 71.1 cm³/mol. The van der Waals surface area contributed by atoms with Crippen molar-refractivity contribution in [2.75, 3.05) is 6.61 Å². The third kappa shape index (κ3) is 2.93. The van der Waals surface area contributed by atoms with Crippen LogP contribution in [0.15, 0.2) is 30.5 Å². The van der Waals surface area contributed by atoms with Crippen molar-refractivity contribution in [1.82, 2.24) is 15.2 Å². The lowest BCUT2D eigenvalue weighted by molar-refractivity contribution is 0.0983. The Morgan fingerprint density at radius 2 is 2.05 bits per heavy atom. The number of carbonyl (C=O) groups excluding carboxylic acids is 1. The molecule has 0 unspecified atom stereocenters. The second kappa shape index (κ2) is 6.04. The zero-order chi connectivity index (χ0) is 13.7. The molecule has 1 aromatic carbocycles. The van der Waals surface area contributed by atoms with Gasteiger partial charge in [0.2, 0.25) is 0 Å². The first kappa shape index (κ1) is 13.1. The second-order valence-corrected chi connectivity index (χ2v) is 3.87. The minimum absolute atomic E-state index is 0.0509. The summed E-state index contributed by atoms with van der Waals surface area (Å²) in [6.07, 6.45) is 1.78. The largest absolute Gasteiger partial charge is 0.493 e. The maximum Gasteiger partial charge on any atom is 0.186 e. The van der Waals surface area contributed by atoms with Gasteiger partial charge in [-0.25, -0.2) is 4.98 Å². The van der Waals surface area contributed by atoms with E-state index in [1.807, 2.05) is 31.2 Å². The van der Waals surface area contributed by atoms with Gasteiger partial charge in [-0.05, 0) is 19.1 Å². The van der Waals surface area contributed by atoms with Crippen LogP contribution in [0.25, 0.3) is 11.4 Å². The summed E-state index contributed by atoms with van der Waals surface area (Å²) in [5, 5.41) is 7.82. The first-order valence-electron chi connectivity index (χ1n) is 6.21. The molecule has 0 amide bonds. The van der Waals surface area contributed by atoms with Crippen molar-refractivity contribution in [3.63, 3.8) is 0 Å². The maximum atomic E-state index is 11.6. The van der Waals surface area contributed by atoms with Crippen molar-refractivity contribution in [2.24, 2.45) is 0 Å². The monoisotopic (exact) mass is 257 g/mol. The molecule has 0 aliphatic heterocycles. The lowest BCUT2D eigenvalue weighted by Crippen LogP contribution is -2.05. The molecule has 2 aromatic rings. The van der Waals surface area contributed by atoms with Gasteiger partial charge in [-0.3, -0.25) is 4.79 Å². The van der Waals surface area contributed by atoms with E-state index in [4.69, 9.17) is 4.74 Å². The first-order chi connectivity index (χ1) is 9.26. The highest BCUT2D eigenvalue weighted by Gasteiger charge is 2.12. The molecule has 2 rings (SSSR count). The van der Waals surface area contributed by atoms with Crippen molar-refractivity contribution in [3.8, 4) is 17.1 Å². The van der Waals surface area contributed by atoms with Gasteiger partial charge in [0.25, 0.3) is 0 Å². The Bertz CT molecular complexity index is 584. The number of rotatable bonds is 5. The number of benzene rings is 1. The van der Waals surface area contributed by atoms with Crippen molar-refractivity contribution in [1.29, 1.82) is 0 Å². The standard InChI is InChI=1S/C14H15N3O2/c1-3-12(18)11-9-15-17-14(16-11)10-7-5-6-8-13(10)19-4-2/h5-9H,3-4H2,1-2H3. The Labute approximate surface area is 111 Å². The van der Waals surface area contributed by atoms with Crippen molar-refractivity contribution < 1.29 is 9.53 Å². The Morgan fingerprint density at radius 1 is 1.26 bits per heavy atom. The molecule has 0 saturated heterocycles. The Morgan fingerprint density at radius 3 is 2.79 bits per heavy atom. The Hall–Kier alpha value is -2.30. The zero-order valence-corrected chi connectivity index (χ0v) is 11.0. The molecule has 19 heavy (non-hydrogen) atoms. The topological polar surface area (TPSA) is 65.0 Å². The van der Waals surface area contributed by atoms with E-state index in [0.717, 1.165) is 5.56 Å². The Kier molecular flexibility index (Phi) is 4.18. The van der Waals surface area contributed by atoms with Gasteiger partial charge in [-0.2, -0.15) is 5.10 Å². The van der Waals surface area contributed by atoms with Crippen LogP contribution in [0.3, 0.4) is 0 Å². The summed E-state index contributed by atoms with van der Waals surface area (Å²) in [7, 11) is 0. The predicted octanol–water partition coefficient (Wildman–Crippen LogP) is 2.53. The second-order valence-electron chi connectivity index (χ2n) is 3.87. The molecule has 0 N–H and O–H groups in total. The van der Waals surface area contributed by atoms with E-state index in [2.05, 4.69) is 15.2 Å². The zero-order valence-electron chi connectivity index (χ0n) is 11.0. The number of ether oxygens (including phenoxy) is 1. The third-order valence-electron chi connectivity index (χ3n) is 2.59. The molecule has 0 bridgehead atoms. The first-order valence-corrected chi connectivity index (χ1v) is 6.21. The highest BCUT2D eigenvalue weighted by atomic mass is 16.5. The van der Waals surface area contributed by atoms with Gasteiger partial charge in [0.1, 0.15) is 11.4 Å². The maximum absolute atomic E-state index is 11.6. The van der Waals surface area contributed by atoms with E-state index < -0.39 is 0 Å². The van der Waals surface area contributed by atoms with Crippen LogP contribution in [0.1, 0.15) is 30.8 Å². The van der Waals surface area contributed by atoms with Crippen LogP contribution in [0.5, 0.6) is 5.75 Å². The number of aromatic nitrogens is 3. The minimum atomic E-state index is -0.0509. The lowest BCUT2D eigenvalue weighted by Gasteiger charge is -2.08. The van der Waals surface area contributed by atoms with Gasteiger partial charge in [0.05, 0.1) is 18.4 Å². The van der Waals surface area contributed by atoms with E-state index in [-0.39, 0.29) is 5.78 Å². The average molecular weight is 257 g/mol. The fourth-order valence-electron chi connectivity index (χ4n) is 1.67. The Balaban J connectivity index is 2.44. The van der Waals surface area contributed by atoms with Crippen molar-refractivity contribution >= 4 is 5.78 Å². The van der Waals surface area contributed by atoms with Crippen LogP contribution in [-0.2, 0) is 0 Å². The smallest absolute Gasteiger partial charge is 0.186 e. The summed E-state index contributed by atoms with van der Waals surface area (Å²) in [5.74, 6) is 1.04. The molecule has 0 spiro atoms. The summed E-state index contributed by atoms with van der Waals surface area (Å²) >= 11 is 0. The van der Waals surface area contributed by atoms with Gasteiger partial charge >= 0.3 is 0 Å². The van der Waals surface area contributed by atoms with E-state index >= 15 is 0 Å². The number of para-hydroxylation sites is 1. The van der Waals surface area contributed by atoms with Gasteiger partial charge in [-0.1, -0.05) is 19.1 Å². The van der Waals surface area contributed by atoms with Crippen LogP contribution in [0.4, 0.5) is 0 Å². The third-order valence-corrected chi connectivity index (χ3v) is 2.59. The van der Waals surface area contributed by atoms with Gasteiger partial charge in [0.15, 0.2) is 11.6 Å². The number of hydrogen-bond donors (Lipinski definition) is 0. The number of Topliss-reactive ketones (excluding diaryl/α,β-unsaturated/α-hetero) is 1. The summed E-state index contributed by atoms with van der Waals surface area (Å²) < 4.78 is 5.53. The van der Waals surface area contributed by atoms with Gasteiger partial charge in [0, 0.05) is 6.42 Å². The normalized spacial score (nSPS) is 10.2. The summed E-state index contributed by atoms with van der Waals surface area (Å²) in [6.45, 7) is 4.25. The number of ketones is 1. The fourth-order valence-corrected chi connectivity index (χ4v) is 1.67. The molecule has 0 aliphatic carbocycles. The molecule has 5 nitrogen and oxygen atoms in total. The molecule has 0 fully saturated rings. The molecule has 5 heteroatoms. The van der Waals surface area contributed by atoms with E-state index in [1.165, 1.54) is 6.20 Å². The van der Waals surface area contributed by atoms with Gasteiger partial charge in [-0.15, -0.1) is 5.10 Å². The van der Waals surface area contributed by atoms with Crippen LogP contribution in [0.2, 0.25) is 0 Å². The molecule has 98 valence electrons. The van der Waals surface area contributed by atoms with Crippen LogP contribution >= 0.6 is 0 Å². The summed E-state index contributed by atoms with van der Waals surface area (Å²) in [6, 6.07) is 7.44. The van der Waals surface area contributed by atoms with Crippen molar-refractivity contribution in [3.05, 3.63) is 36.2 Å². The lowest BCUT2D eigenvalue weighted by atomic mass is 10.2. The van der Waals surface area contributed by atoms with Gasteiger partial charge < -0.3 is 4.74 Å². The quantitative estimate of drug-likeness (QED) is 0.770. The molecule has 0 saturated carbocycles. The number of nitrogens with zero attached hydrogens (tertiary/aromatic N) is 3. The van der Waals surface area contributed by atoms with Crippen molar-refractivity contribution in [2.45, 2.75) is 20.3 Å². The molecule has 1 heterocycles. The molecule has 0 radical (unpaired) electrons. The highest BCUT2D eigenvalue weighted by Crippen LogP contribution is 2.26. The van der Waals surface area contributed by atoms with E-state index in [1.54, 1.807) is 6.92 Å². The number of carbonyl (C=O) groups is 1. The molecular formula is C14H15N3O2. The fraction of sp³-hybridized carbons (Fsp3) is 0.286. The highest BCUT2D eigenvalue weighted by molar-refractivity contribution is 5.94. The summed E-state index contributed by atoms with van der Waals surface area (Å²) in [5.41, 5.74) is 1.07. The molecule has 0 aliphatic rings. The van der Waals surface area contributed by atoms with E-state index in [9.17, 15) is 4.79 Å². The van der Waals surface area contributed by atoms with Crippen LogP contribution < -0.4 is 4.74 Å². The minimum Gasteiger partial charge on any atom is -0.493 e. The summed E-state index contributed by atoms with van der Waals surface area (Å²) in [4.78, 5) is 15.9. The van der Waals surface area contributed by atoms with Crippen LogP contribution in [-0.4, -0.2) is 27.6 Å². The average Bonchev–Trinajstić information content (AvgIpc) is 2.47.